The summed E-state index contributed by atoms with van der Waals surface area (Å²) in [6.45, 7) is 0. The number of pyridine rings is 1. The van der Waals surface area contributed by atoms with Gasteiger partial charge in [-0.15, -0.1) is 0 Å². The Balaban J connectivity index is 2.45. The standard InChI is InChI=1S/C13H12F3N3/c1-18-12-11(17)6-9(7-19-12)8-3-2-4-10(5-8)13(14,15)16/h2-7H,17H2,1H3,(H,18,19). The fourth-order valence-corrected chi connectivity index (χ4v) is 1.72. The molecule has 0 atom stereocenters. The summed E-state index contributed by atoms with van der Waals surface area (Å²) >= 11 is 0. The van der Waals surface area contributed by atoms with Crippen molar-refractivity contribution in [1.29, 1.82) is 0 Å². The van der Waals surface area contributed by atoms with Crippen LogP contribution in [0, 0.1) is 0 Å². The molecule has 0 saturated heterocycles. The molecule has 6 heteroatoms. The molecule has 0 bridgehead atoms. The highest BCUT2D eigenvalue weighted by molar-refractivity contribution is 5.72. The van der Waals surface area contributed by atoms with Crippen molar-refractivity contribution in [3.63, 3.8) is 0 Å². The van der Waals surface area contributed by atoms with Crippen molar-refractivity contribution in [2.75, 3.05) is 18.1 Å². The molecular formula is C13H12F3N3. The molecule has 1 heterocycles. The first kappa shape index (κ1) is 13.2. The predicted molar refractivity (Wildman–Crippen MR) is 68.6 cm³/mol. The molecule has 0 spiro atoms. The van der Waals surface area contributed by atoms with Crippen LogP contribution in [0.4, 0.5) is 24.7 Å². The molecule has 100 valence electrons. The normalized spacial score (nSPS) is 11.4. The van der Waals surface area contributed by atoms with Crippen LogP contribution in [0.1, 0.15) is 5.56 Å². The van der Waals surface area contributed by atoms with E-state index in [0.717, 1.165) is 12.1 Å². The Morgan fingerprint density at radius 1 is 1.16 bits per heavy atom. The Kier molecular flexibility index (Phi) is 3.33. The second-order valence-corrected chi connectivity index (χ2v) is 3.99. The highest BCUT2D eigenvalue weighted by atomic mass is 19.4. The summed E-state index contributed by atoms with van der Waals surface area (Å²) in [5.41, 5.74) is 6.41. The van der Waals surface area contributed by atoms with Gasteiger partial charge in [0.2, 0.25) is 0 Å². The zero-order chi connectivity index (χ0) is 14.0. The van der Waals surface area contributed by atoms with Gasteiger partial charge in [0.05, 0.1) is 11.3 Å². The van der Waals surface area contributed by atoms with Gasteiger partial charge in [-0.2, -0.15) is 13.2 Å². The lowest BCUT2D eigenvalue weighted by Crippen LogP contribution is -2.04. The molecule has 0 amide bonds. The van der Waals surface area contributed by atoms with Crippen LogP contribution in [0.5, 0.6) is 0 Å². The number of nitrogens with one attached hydrogen (secondary N) is 1. The van der Waals surface area contributed by atoms with E-state index < -0.39 is 11.7 Å². The second-order valence-electron chi connectivity index (χ2n) is 3.99. The topological polar surface area (TPSA) is 50.9 Å². The monoisotopic (exact) mass is 267 g/mol. The Morgan fingerprint density at radius 3 is 2.47 bits per heavy atom. The van der Waals surface area contributed by atoms with Gasteiger partial charge in [0.1, 0.15) is 5.82 Å². The van der Waals surface area contributed by atoms with E-state index in [9.17, 15) is 13.2 Å². The van der Waals surface area contributed by atoms with E-state index in [1.165, 1.54) is 12.3 Å². The lowest BCUT2D eigenvalue weighted by atomic mass is 10.0. The van der Waals surface area contributed by atoms with Crippen LogP contribution in [-0.4, -0.2) is 12.0 Å². The fourth-order valence-electron chi connectivity index (χ4n) is 1.72. The largest absolute Gasteiger partial charge is 0.416 e. The maximum absolute atomic E-state index is 12.6. The number of rotatable bonds is 2. The van der Waals surface area contributed by atoms with Gasteiger partial charge in [-0.3, -0.25) is 0 Å². The van der Waals surface area contributed by atoms with Crippen LogP contribution in [0.3, 0.4) is 0 Å². The molecule has 0 aliphatic rings. The Labute approximate surface area is 108 Å². The molecule has 0 fully saturated rings. The summed E-state index contributed by atoms with van der Waals surface area (Å²) in [5.74, 6) is 0.496. The van der Waals surface area contributed by atoms with E-state index in [1.807, 2.05) is 0 Å². The summed E-state index contributed by atoms with van der Waals surface area (Å²) < 4.78 is 37.9. The number of anilines is 2. The van der Waals surface area contributed by atoms with Crippen LogP contribution >= 0.6 is 0 Å². The zero-order valence-corrected chi connectivity index (χ0v) is 10.1. The van der Waals surface area contributed by atoms with E-state index in [1.54, 1.807) is 19.2 Å². The number of nitrogen functional groups attached to an aromatic ring is 1. The molecule has 2 rings (SSSR count). The molecule has 19 heavy (non-hydrogen) atoms. The highest BCUT2D eigenvalue weighted by Crippen LogP contribution is 2.32. The lowest BCUT2D eigenvalue weighted by Gasteiger charge is -2.10. The minimum atomic E-state index is -4.36. The minimum Gasteiger partial charge on any atom is -0.396 e. The summed E-state index contributed by atoms with van der Waals surface area (Å²) in [6.07, 6.45) is -2.88. The maximum atomic E-state index is 12.6. The highest BCUT2D eigenvalue weighted by Gasteiger charge is 2.30. The third kappa shape index (κ3) is 2.78. The van der Waals surface area contributed by atoms with Gasteiger partial charge in [0.25, 0.3) is 0 Å². The van der Waals surface area contributed by atoms with Crippen LogP contribution in [0.2, 0.25) is 0 Å². The van der Waals surface area contributed by atoms with Crippen molar-refractivity contribution < 1.29 is 13.2 Å². The molecule has 1 aromatic carbocycles. The predicted octanol–water partition coefficient (Wildman–Crippen LogP) is 3.39. The molecule has 0 unspecified atom stereocenters. The van der Waals surface area contributed by atoms with Crippen molar-refractivity contribution >= 4 is 11.5 Å². The molecule has 0 saturated carbocycles. The number of benzene rings is 1. The molecule has 1 aromatic heterocycles. The van der Waals surface area contributed by atoms with Crippen LogP contribution in [0.15, 0.2) is 36.5 Å². The van der Waals surface area contributed by atoms with E-state index in [2.05, 4.69) is 10.3 Å². The van der Waals surface area contributed by atoms with Crippen molar-refractivity contribution in [1.82, 2.24) is 4.98 Å². The molecule has 2 aromatic rings. The smallest absolute Gasteiger partial charge is 0.396 e. The van der Waals surface area contributed by atoms with E-state index in [0.29, 0.717) is 22.6 Å². The molecule has 0 radical (unpaired) electrons. The summed E-state index contributed by atoms with van der Waals surface area (Å²) in [6, 6.07) is 6.65. The first-order chi connectivity index (χ1) is 8.91. The number of nitrogens with zero attached hydrogens (tertiary/aromatic N) is 1. The number of aromatic nitrogens is 1. The Morgan fingerprint density at radius 2 is 1.89 bits per heavy atom. The van der Waals surface area contributed by atoms with Gasteiger partial charge >= 0.3 is 6.18 Å². The number of halogens is 3. The number of hydrogen-bond acceptors (Lipinski definition) is 3. The van der Waals surface area contributed by atoms with Gasteiger partial charge < -0.3 is 11.1 Å². The van der Waals surface area contributed by atoms with E-state index in [-0.39, 0.29) is 0 Å². The SMILES string of the molecule is CNc1ncc(-c2cccc(C(F)(F)F)c2)cc1N. The van der Waals surface area contributed by atoms with Gasteiger partial charge in [0, 0.05) is 18.8 Å². The van der Waals surface area contributed by atoms with Crippen LogP contribution in [-0.2, 0) is 6.18 Å². The molecule has 0 aliphatic heterocycles. The van der Waals surface area contributed by atoms with E-state index >= 15 is 0 Å². The molecular weight excluding hydrogens is 255 g/mol. The number of nitrogens with two attached hydrogens (primary N) is 1. The first-order valence-electron chi connectivity index (χ1n) is 5.52. The third-order valence-corrected chi connectivity index (χ3v) is 2.68. The third-order valence-electron chi connectivity index (χ3n) is 2.68. The van der Waals surface area contributed by atoms with Crippen molar-refractivity contribution in [2.24, 2.45) is 0 Å². The average Bonchev–Trinajstić information content (AvgIpc) is 2.38. The summed E-state index contributed by atoms with van der Waals surface area (Å²) in [4.78, 5) is 4.05. The van der Waals surface area contributed by atoms with Gasteiger partial charge in [-0.05, 0) is 23.8 Å². The summed E-state index contributed by atoms with van der Waals surface area (Å²) in [7, 11) is 1.67. The van der Waals surface area contributed by atoms with Crippen molar-refractivity contribution in [2.45, 2.75) is 6.18 Å². The van der Waals surface area contributed by atoms with Crippen LogP contribution < -0.4 is 11.1 Å². The van der Waals surface area contributed by atoms with Gasteiger partial charge in [0.15, 0.2) is 0 Å². The lowest BCUT2D eigenvalue weighted by molar-refractivity contribution is -0.137. The first-order valence-corrected chi connectivity index (χ1v) is 5.52. The maximum Gasteiger partial charge on any atom is 0.416 e. The summed E-state index contributed by atoms with van der Waals surface area (Å²) in [5, 5.41) is 2.79. The van der Waals surface area contributed by atoms with Crippen molar-refractivity contribution in [3.8, 4) is 11.1 Å². The van der Waals surface area contributed by atoms with Gasteiger partial charge in [-0.25, -0.2) is 4.98 Å². The molecule has 0 aliphatic carbocycles. The Hall–Kier alpha value is -2.24. The molecule has 3 nitrogen and oxygen atoms in total. The zero-order valence-electron chi connectivity index (χ0n) is 10.1. The number of alkyl halides is 3. The average molecular weight is 267 g/mol. The quantitative estimate of drug-likeness (QED) is 0.876. The number of hydrogen-bond donors (Lipinski definition) is 2. The fraction of sp³-hybridized carbons (Fsp3) is 0.154. The van der Waals surface area contributed by atoms with Crippen molar-refractivity contribution in [3.05, 3.63) is 42.1 Å². The minimum absolute atomic E-state index is 0.386. The van der Waals surface area contributed by atoms with E-state index in [4.69, 9.17) is 5.73 Å². The second kappa shape index (κ2) is 4.79. The van der Waals surface area contributed by atoms with Crippen LogP contribution in [0.25, 0.3) is 11.1 Å². The Bertz CT molecular complexity index is 594. The van der Waals surface area contributed by atoms with Gasteiger partial charge in [-0.1, -0.05) is 12.1 Å². The molecule has 3 N–H and O–H groups in total.